The Hall–Kier alpha value is -4.99. The number of alkyl carbamates (subject to hydrolysis) is 1. The van der Waals surface area contributed by atoms with Crippen molar-refractivity contribution in [3.8, 4) is 17.8 Å². The first-order valence-electron chi connectivity index (χ1n) is 16.6. The minimum Gasteiger partial charge on any atom is -0.460 e. The molecule has 0 spiro atoms. The number of H-pyrrole nitrogens is 1. The number of nitrogens with zero attached hydrogens (tertiary/aromatic N) is 6. The molecule has 1 saturated heterocycles. The molecule has 6 rings (SSSR count). The van der Waals surface area contributed by atoms with Crippen LogP contribution in [0.4, 0.5) is 25.5 Å². The average molecular weight is 695 g/mol. The lowest BCUT2D eigenvalue weighted by atomic mass is 9.92. The maximum atomic E-state index is 15.3. The Morgan fingerprint density at radius 3 is 2.40 bits per heavy atom. The standard InChI is InChI=1S/C34H43FN8O7/c1-33(2,3)49-31(45)38-19-9-8-10-43(17-19)28-25-23-11-18(35)12-24(42(7)32(46)50-34(4,5)6)26(23)39-27(25)40-30(41-28)48-22-15-36-29(37-16-22)47-21-13-20(44)14-21/h11-12,15-16,19-21,44H,8-10,13-14,17H2,1-7H3,(H,38,45)(H,39,40,41)/t19-,20?,21?/m1/s1. The molecule has 15 nitrogen and oxygen atoms in total. The molecule has 2 aliphatic rings. The van der Waals surface area contributed by atoms with Gasteiger partial charge in [0.2, 0.25) is 0 Å². The van der Waals surface area contributed by atoms with Crippen LogP contribution in [0.5, 0.6) is 17.8 Å². The van der Waals surface area contributed by atoms with Crippen LogP contribution in [0.3, 0.4) is 0 Å². The van der Waals surface area contributed by atoms with Gasteiger partial charge in [-0.05, 0) is 66.5 Å². The van der Waals surface area contributed by atoms with Crippen molar-refractivity contribution < 1.29 is 38.0 Å². The molecule has 1 atom stereocenters. The van der Waals surface area contributed by atoms with E-state index in [1.54, 1.807) is 41.5 Å². The normalized spacial score (nSPS) is 19.5. The smallest absolute Gasteiger partial charge is 0.414 e. The number of aromatic amines is 1. The zero-order valence-electron chi connectivity index (χ0n) is 29.2. The molecule has 2 amide bonds. The van der Waals surface area contributed by atoms with Crippen molar-refractivity contribution in [2.45, 2.75) is 96.7 Å². The van der Waals surface area contributed by atoms with Gasteiger partial charge < -0.3 is 39.3 Å². The maximum absolute atomic E-state index is 15.3. The number of carbonyl (C=O) groups is 2. The number of aliphatic hydroxyl groups is 1. The molecular weight excluding hydrogens is 651 g/mol. The number of rotatable bonds is 7. The maximum Gasteiger partial charge on any atom is 0.414 e. The molecule has 1 aromatic carbocycles. The zero-order valence-corrected chi connectivity index (χ0v) is 29.2. The predicted molar refractivity (Wildman–Crippen MR) is 182 cm³/mol. The highest BCUT2D eigenvalue weighted by Gasteiger charge is 2.31. The Labute approximate surface area is 288 Å². The van der Waals surface area contributed by atoms with Crippen LogP contribution in [0, 0.1) is 5.82 Å². The SMILES string of the molecule is CN(C(=O)OC(C)(C)C)c1cc(F)cc2c1[nH]c1nc(Oc3cnc(OC4CC(O)C4)nc3)nc(N3CCC[C@@H](NC(=O)OC(C)(C)C)C3)c12. The van der Waals surface area contributed by atoms with E-state index in [1.807, 2.05) is 4.90 Å². The predicted octanol–water partition coefficient (Wildman–Crippen LogP) is 5.60. The highest BCUT2D eigenvalue weighted by atomic mass is 19.1. The van der Waals surface area contributed by atoms with Gasteiger partial charge in [-0.1, -0.05) is 0 Å². The molecule has 1 aliphatic heterocycles. The van der Waals surface area contributed by atoms with Gasteiger partial charge in [-0.15, -0.1) is 0 Å². The zero-order chi connectivity index (χ0) is 36.0. The Morgan fingerprint density at radius 2 is 1.74 bits per heavy atom. The van der Waals surface area contributed by atoms with Gasteiger partial charge in [-0.2, -0.15) is 19.9 Å². The number of anilines is 2. The Morgan fingerprint density at radius 1 is 1.04 bits per heavy atom. The Kier molecular flexibility index (Phi) is 9.33. The molecule has 50 heavy (non-hydrogen) atoms. The third-order valence-electron chi connectivity index (χ3n) is 8.09. The molecule has 4 aromatic rings. The van der Waals surface area contributed by atoms with Crippen molar-refractivity contribution in [1.29, 1.82) is 0 Å². The van der Waals surface area contributed by atoms with Crippen LogP contribution in [0.2, 0.25) is 0 Å². The van der Waals surface area contributed by atoms with Crippen LogP contribution in [0.15, 0.2) is 24.5 Å². The number of aliphatic hydroxyl groups excluding tert-OH is 1. The van der Waals surface area contributed by atoms with Gasteiger partial charge in [0.25, 0.3) is 0 Å². The molecule has 4 heterocycles. The summed E-state index contributed by atoms with van der Waals surface area (Å²) in [5.41, 5.74) is -0.415. The number of hydrogen-bond acceptors (Lipinski definition) is 12. The lowest BCUT2D eigenvalue weighted by molar-refractivity contribution is -0.0151. The first-order valence-corrected chi connectivity index (χ1v) is 16.6. The van der Waals surface area contributed by atoms with E-state index >= 15 is 4.39 Å². The van der Waals surface area contributed by atoms with Crippen LogP contribution < -0.4 is 24.6 Å². The third-order valence-corrected chi connectivity index (χ3v) is 8.09. The summed E-state index contributed by atoms with van der Waals surface area (Å²) in [4.78, 5) is 50.1. The summed E-state index contributed by atoms with van der Waals surface area (Å²) in [5.74, 6) is 0.105. The van der Waals surface area contributed by atoms with Gasteiger partial charge in [0, 0.05) is 44.4 Å². The number of amides is 2. The number of halogens is 1. The number of ether oxygens (including phenoxy) is 4. The highest BCUT2D eigenvalue weighted by Crippen LogP contribution is 2.39. The number of nitrogens with one attached hydrogen (secondary N) is 2. The quantitative estimate of drug-likeness (QED) is 0.219. The summed E-state index contributed by atoms with van der Waals surface area (Å²) in [5, 5.41) is 13.4. The monoisotopic (exact) mass is 694 g/mol. The van der Waals surface area contributed by atoms with E-state index in [0.717, 1.165) is 6.42 Å². The van der Waals surface area contributed by atoms with Crippen molar-refractivity contribution >= 4 is 45.6 Å². The molecule has 2 fully saturated rings. The summed E-state index contributed by atoms with van der Waals surface area (Å²) in [6.07, 6.45) is 3.64. The Bertz CT molecular complexity index is 1880. The molecule has 1 saturated carbocycles. The van der Waals surface area contributed by atoms with Gasteiger partial charge in [-0.25, -0.2) is 14.0 Å². The third kappa shape index (κ3) is 8.07. The molecule has 3 N–H and O–H groups in total. The summed E-state index contributed by atoms with van der Waals surface area (Å²) >= 11 is 0. The Balaban J connectivity index is 1.38. The number of benzene rings is 1. The van der Waals surface area contributed by atoms with Gasteiger partial charge >= 0.3 is 24.2 Å². The second-order valence-electron chi connectivity index (χ2n) is 14.7. The van der Waals surface area contributed by atoms with Crippen molar-refractivity contribution in [3.05, 3.63) is 30.3 Å². The first kappa shape index (κ1) is 34.9. The van der Waals surface area contributed by atoms with Crippen LogP contribution >= 0.6 is 0 Å². The summed E-state index contributed by atoms with van der Waals surface area (Å²) in [6, 6.07) is 2.47. The van der Waals surface area contributed by atoms with Crippen molar-refractivity contribution in [2.24, 2.45) is 0 Å². The summed E-state index contributed by atoms with van der Waals surface area (Å²) < 4.78 is 38.1. The number of hydrogen-bond donors (Lipinski definition) is 3. The molecule has 0 unspecified atom stereocenters. The summed E-state index contributed by atoms with van der Waals surface area (Å²) in [7, 11) is 1.51. The molecule has 268 valence electrons. The van der Waals surface area contributed by atoms with E-state index in [4.69, 9.17) is 23.9 Å². The second kappa shape index (κ2) is 13.4. The van der Waals surface area contributed by atoms with Gasteiger partial charge in [0.05, 0.1) is 35.1 Å². The van der Waals surface area contributed by atoms with Crippen LogP contribution in [0.1, 0.15) is 67.2 Å². The molecule has 3 aromatic heterocycles. The van der Waals surface area contributed by atoms with Crippen LogP contribution in [-0.4, -0.2) is 91.8 Å². The van der Waals surface area contributed by atoms with E-state index in [-0.39, 0.29) is 41.7 Å². The summed E-state index contributed by atoms with van der Waals surface area (Å²) in [6.45, 7) is 11.6. The van der Waals surface area contributed by atoms with Crippen LogP contribution in [0.25, 0.3) is 21.9 Å². The van der Waals surface area contributed by atoms with Crippen molar-refractivity contribution in [1.82, 2.24) is 30.2 Å². The first-order chi connectivity index (χ1) is 23.5. The van der Waals surface area contributed by atoms with Gasteiger partial charge in [0.15, 0.2) is 5.75 Å². The van der Waals surface area contributed by atoms with Gasteiger partial charge in [0.1, 0.15) is 34.6 Å². The van der Waals surface area contributed by atoms with E-state index in [2.05, 4.69) is 25.3 Å². The molecule has 16 heteroatoms. The minimum absolute atomic E-state index is 0.0387. The molecular formula is C34H43FN8O7. The highest BCUT2D eigenvalue weighted by molar-refractivity contribution is 6.16. The van der Waals surface area contributed by atoms with E-state index in [1.165, 1.54) is 36.5 Å². The van der Waals surface area contributed by atoms with E-state index in [0.29, 0.717) is 60.1 Å². The number of carbonyl (C=O) groups excluding carboxylic acids is 2. The van der Waals surface area contributed by atoms with E-state index in [9.17, 15) is 14.7 Å². The topological polar surface area (TPSA) is 177 Å². The molecule has 0 radical (unpaired) electrons. The van der Waals surface area contributed by atoms with Crippen LogP contribution in [-0.2, 0) is 9.47 Å². The fourth-order valence-corrected chi connectivity index (χ4v) is 5.84. The second-order valence-corrected chi connectivity index (χ2v) is 14.7. The molecule has 0 bridgehead atoms. The fourth-order valence-electron chi connectivity index (χ4n) is 5.84. The number of fused-ring (bicyclic) bond motifs is 3. The molecule has 1 aliphatic carbocycles. The fraction of sp³-hybridized carbons (Fsp3) is 0.529. The largest absolute Gasteiger partial charge is 0.460 e. The van der Waals surface area contributed by atoms with E-state index < -0.39 is 29.2 Å². The average Bonchev–Trinajstić information content (AvgIpc) is 3.36. The number of piperidine rings is 1. The number of aromatic nitrogens is 5. The minimum atomic E-state index is -0.769. The van der Waals surface area contributed by atoms with Gasteiger partial charge in [-0.3, -0.25) is 4.90 Å². The lowest BCUT2D eigenvalue weighted by Crippen LogP contribution is -2.49. The lowest BCUT2D eigenvalue weighted by Gasteiger charge is -2.34. The van der Waals surface area contributed by atoms with Crippen molar-refractivity contribution in [2.75, 3.05) is 29.9 Å². The van der Waals surface area contributed by atoms with Crippen molar-refractivity contribution in [3.63, 3.8) is 0 Å².